The summed E-state index contributed by atoms with van der Waals surface area (Å²) >= 11 is 0. The van der Waals surface area contributed by atoms with E-state index in [-0.39, 0.29) is 0 Å². The molecule has 0 saturated carbocycles. The van der Waals surface area contributed by atoms with E-state index in [0.29, 0.717) is 6.10 Å². The molecule has 106 valence electrons. The Kier molecular flexibility index (Phi) is 5.10. The van der Waals surface area contributed by atoms with Crippen LogP contribution in [0.15, 0.2) is 6.20 Å². The number of nitrogens with one attached hydrogen (secondary N) is 1. The van der Waals surface area contributed by atoms with Gasteiger partial charge >= 0.3 is 0 Å². The van der Waals surface area contributed by atoms with E-state index >= 15 is 0 Å². The molecule has 0 aliphatic carbocycles. The first kappa shape index (κ1) is 14.2. The van der Waals surface area contributed by atoms with Crippen molar-refractivity contribution in [3.63, 3.8) is 0 Å². The summed E-state index contributed by atoms with van der Waals surface area (Å²) in [7, 11) is 1.94. The van der Waals surface area contributed by atoms with Gasteiger partial charge in [-0.1, -0.05) is 0 Å². The van der Waals surface area contributed by atoms with Gasteiger partial charge in [0.1, 0.15) is 0 Å². The smallest absolute Gasteiger partial charge is 0.225 e. The fourth-order valence-corrected chi connectivity index (χ4v) is 2.49. The molecule has 5 nitrogen and oxygen atoms in total. The first-order valence-corrected chi connectivity index (χ1v) is 7.08. The van der Waals surface area contributed by atoms with Gasteiger partial charge in [-0.05, 0) is 33.7 Å². The topological polar surface area (TPSA) is 50.3 Å². The first-order chi connectivity index (χ1) is 9.24. The van der Waals surface area contributed by atoms with Crippen LogP contribution in [0.3, 0.4) is 0 Å². The van der Waals surface area contributed by atoms with Crippen molar-refractivity contribution in [3.8, 4) is 0 Å². The predicted molar refractivity (Wildman–Crippen MR) is 76.4 cm³/mol. The molecule has 19 heavy (non-hydrogen) atoms. The van der Waals surface area contributed by atoms with Crippen LogP contribution in [-0.2, 0) is 11.3 Å². The van der Waals surface area contributed by atoms with E-state index in [2.05, 4.69) is 20.2 Å². The van der Waals surface area contributed by atoms with E-state index in [4.69, 9.17) is 4.74 Å². The minimum Gasteiger partial charge on any atom is -0.377 e. The highest BCUT2D eigenvalue weighted by Gasteiger charge is 2.22. The maximum absolute atomic E-state index is 5.72. The van der Waals surface area contributed by atoms with Crippen molar-refractivity contribution < 1.29 is 4.74 Å². The van der Waals surface area contributed by atoms with Crippen molar-refractivity contribution in [2.24, 2.45) is 0 Å². The summed E-state index contributed by atoms with van der Waals surface area (Å²) in [4.78, 5) is 11.4. The average Bonchev–Trinajstić information content (AvgIpc) is 2.42. The summed E-state index contributed by atoms with van der Waals surface area (Å²) < 4.78 is 5.72. The number of aromatic nitrogens is 2. The van der Waals surface area contributed by atoms with Crippen LogP contribution in [0.1, 0.15) is 31.0 Å². The van der Waals surface area contributed by atoms with E-state index in [9.17, 15) is 0 Å². The number of rotatable bonds is 5. The molecule has 1 atom stereocenters. The molecule has 1 unspecified atom stereocenters. The summed E-state index contributed by atoms with van der Waals surface area (Å²) in [6.45, 7) is 7.61. The van der Waals surface area contributed by atoms with Crippen molar-refractivity contribution in [2.45, 2.75) is 39.3 Å². The van der Waals surface area contributed by atoms with Gasteiger partial charge in [0.05, 0.1) is 6.10 Å². The Balaban J connectivity index is 2.06. The van der Waals surface area contributed by atoms with Gasteiger partial charge in [-0.15, -0.1) is 0 Å². The summed E-state index contributed by atoms with van der Waals surface area (Å²) in [5, 5.41) is 3.13. The number of hydrogen-bond donors (Lipinski definition) is 1. The Bertz CT molecular complexity index is 408. The quantitative estimate of drug-likeness (QED) is 0.873. The number of nitrogens with zero attached hydrogens (tertiary/aromatic N) is 3. The predicted octanol–water partition coefficient (Wildman–Crippen LogP) is 1.51. The zero-order valence-electron chi connectivity index (χ0n) is 12.1. The minimum absolute atomic E-state index is 0.319. The zero-order valence-corrected chi connectivity index (χ0v) is 12.1. The lowest BCUT2D eigenvalue weighted by molar-refractivity contribution is 0.0523. The molecule has 1 aromatic rings. The Morgan fingerprint density at radius 1 is 1.53 bits per heavy atom. The molecule has 1 saturated heterocycles. The number of ether oxygens (including phenoxy) is 1. The lowest BCUT2D eigenvalue weighted by Gasteiger charge is -2.32. The second-order valence-electron chi connectivity index (χ2n) is 4.98. The lowest BCUT2D eigenvalue weighted by Crippen LogP contribution is -2.40. The Morgan fingerprint density at radius 2 is 2.37 bits per heavy atom. The summed E-state index contributed by atoms with van der Waals surface area (Å²) in [6.07, 6.45) is 4.53. The molecule has 1 aliphatic rings. The van der Waals surface area contributed by atoms with Crippen molar-refractivity contribution in [1.82, 2.24) is 15.3 Å². The number of aryl methyl sites for hydroxylation is 1. The SMILES string of the molecule is CCOC1CCCN(c2ncc(CNC)c(C)n2)C1. The monoisotopic (exact) mass is 264 g/mol. The third kappa shape index (κ3) is 3.64. The Hall–Kier alpha value is -1.20. The van der Waals surface area contributed by atoms with Crippen molar-refractivity contribution in [2.75, 3.05) is 31.6 Å². The van der Waals surface area contributed by atoms with Crippen LogP contribution in [-0.4, -0.2) is 42.8 Å². The van der Waals surface area contributed by atoms with Crippen LogP contribution >= 0.6 is 0 Å². The van der Waals surface area contributed by atoms with Gasteiger partial charge < -0.3 is 15.0 Å². The second kappa shape index (κ2) is 6.82. The Morgan fingerprint density at radius 3 is 3.05 bits per heavy atom. The zero-order chi connectivity index (χ0) is 13.7. The van der Waals surface area contributed by atoms with Crippen LogP contribution in [0.25, 0.3) is 0 Å². The molecule has 1 aromatic heterocycles. The maximum Gasteiger partial charge on any atom is 0.225 e. The van der Waals surface area contributed by atoms with Gasteiger partial charge in [0.25, 0.3) is 0 Å². The van der Waals surface area contributed by atoms with E-state index in [0.717, 1.165) is 56.3 Å². The second-order valence-corrected chi connectivity index (χ2v) is 4.98. The maximum atomic E-state index is 5.72. The fourth-order valence-electron chi connectivity index (χ4n) is 2.49. The van der Waals surface area contributed by atoms with E-state index in [1.165, 1.54) is 0 Å². The molecule has 1 N–H and O–H groups in total. The Labute approximate surface area is 115 Å². The van der Waals surface area contributed by atoms with Crippen LogP contribution in [0.5, 0.6) is 0 Å². The molecule has 5 heteroatoms. The molecule has 0 spiro atoms. The van der Waals surface area contributed by atoms with Crippen molar-refractivity contribution in [1.29, 1.82) is 0 Å². The summed E-state index contributed by atoms with van der Waals surface area (Å²) in [6, 6.07) is 0. The van der Waals surface area contributed by atoms with Gasteiger partial charge in [-0.2, -0.15) is 0 Å². The molecule has 2 heterocycles. The molecule has 0 radical (unpaired) electrons. The van der Waals surface area contributed by atoms with E-state index in [1.807, 2.05) is 27.1 Å². The molecule has 0 aromatic carbocycles. The molecular formula is C14H24N4O. The van der Waals surface area contributed by atoms with Crippen LogP contribution in [0.2, 0.25) is 0 Å². The van der Waals surface area contributed by atoms with Gasteiger partial charge in [0.2, 0.25) is 5.95 Å². The highest BCUT2D eigenvalue weighted by molar-refractivity contribution is 5.33. The van der Waals surface area contributed by atoms with Gasteiger partial charge in [0.15, 0.2) is 0 Å². The van der Waals surface area contributed by atoms with Crippen LogP contribution in [0.4, 0.5) is 5.95 Å². The summed E-state index contributed by atoms with van der Waals surface area (Å²) in [5.74, 6) is 0.835. The standard InChI is InChI=1S/C14H24N4O/c1-4-19-13-6-5-7-18(10-13)14-16-9-12(8-15-3)11(2)17-14/h9,13,15H,4-8,10H2,1-3H3. The average molecular weight is 264 g/mol. The minimum atomic E-state index is 0.319. The molecule has 2 rings (SSSR count). The van der Waals surface area contributed by atoms with Crippen molar-refractivity contribution in [3.05, 3.63) is 17.5 Å². The third-order valence-corrected chi connectivity index (χ3v) is 3.50. The largest absolute Gasteiger partial charge is 0.377 e. The number of piperidine rings is 1. The number of hydrogen-bond acceptors (Lipinski definition) is 5. The molecule has 1 fully saturated rings. The van der Waals surface area contributed by atoms with Gasteiger partial charge in [-0.25, -0.2) is 9.97 Å². The third-order valence-electron chi connectivity index (χ3n) is 3.50. The lowest BCUT2D eigenvalue weighted by atomic mass is 10.1. The highest BCUT2D eigenvalue weighted by Crippen LogP contribution is 2.19. The van der Waals surface area contributed by atoms with E-state index < -0.39 is 0 Å². The van der Waals surface area contributed by atoms with Crippen LogP contribution < -0.4 is 10.2 Å². The fraction of sp³-hybridized carbons (Fsp3) is 0.714. The van der Waals surface area contributed by atoms with Crippen molar-refractivity contribution >= 4 is 5.95 Å². The molecule has 0 bridgehead atoms. The highest BCUT2D eigenvalue weighted by atomic mass is 16.5. The normalized spacial score (nSPS) is 19.7. The van der Waals surface area contributed by atoms with Gasteiger partial charge in [-0.3, -0.25) is 0 Å². The van der Waals surface area contributed by atoms with Gasteiger partial charge in [0, 0.05) is 43.7 Å². The van der Waals surface area contributed by atoms with Crippen LogP contribution in [0, 0.1) is 6.92 Å². The molecular weight excluding hydrogens is 240 g/mol. The summed E-state index contributed by atoms with van der Waals surface area (Å²) in [5.41, 5.74) is 2.21. The first-order valence-electron chi connectivity index (χ1n) is 7.08. The van der Waals surface area contributed by atoms with E-state index in [1.54, 1.807) is 0 Å². The number of anilines is 1. The molecule has 0 amide bonds. The molecule has 1 aliphatic heterocycles.